The van der Waals surface area contributed by atoms with E-state index in [1.165, 1.54) is 28.9 Å². The third-order valence-electron chi connectivity index (χ3n) is 3.73. The van der Waals surface area contributed by atoms with Gasteiger partial charge >= 0.3 is 0 Å². The van der Waals surface area contributed by atoms with E-state index in [4.69, 9.17) is 11.6 Å². The highest BCUT2D eigenvalue weighted by atomic mass is 35.5. The van der Waals surface area contributed by atoms with Crippen LogP contribution in [-0.2, 0) is 6.54 Å². The molecular weight excluding hydrogens is 357 g/mol. The Labute approximate surface area is 154 Å². The first-order valence-corrected chi connectivity index (χ1v) is 8.29. The number of hydrogen-bond acceptors (Lipinski definition) is 3. The van der Waals surface area contributed by atoms with Gasteiger partial charge in [0.15, 0.2) is 0 Å². The van der Waals surface area contributed by atoms with Gasteiger partial charge in [0.25, 0.3) is 11.5 Å². The van der Waals surface area contributed by atoms with E-state index in [0.29, 0.717) is 10.7 Å². The summed E-state index contributed by atoms with van der Waals surface area (Å²) in [5, 5.41) is 7.49. The summed E-state index contributed by atoms with van der Waals surface area (Å²) >= 11 is 5.87. The van der Waals surface area contributed by atoms with E-state index in [1.807, 2.05) is 0 Å². The highest BCUT2D eigenvalue weighted by molar-refractivity contribution is 6.30. The zero-order valence-corrected chi connectivity index (χ0v) is 14.4. The molecule has 3 rings (SSSR count). The van der Waals surface area contributed by atoms with Gasteiger partial charge in [-0.1, -0.05) is 35.9 Å². The fourth-order valence-corrected chi connectivity index (χ4v) is 2.53. The van der Waals surface area contributed by atoms with Gasteiger partial charge < -0.3 is 5.32 Å². The molecule has 0 saturated carbocycles. The van der Waals surface area contributed by atoms with Crippen LogP contribution in [0, 0.1) is 5.82 Å². The minimum absolute atomic E-state index is 0.0391. The number of carbonyl (C=O) groups excluding carboxylic acids is 1. The minimum atomic E-state index is -0.593. The molecule has 1 aromatic heterocycles. The van der Waals surface area contributed by atoms with Crippen molar-refractivity contribution in [3.05, 3.63) is 87.4 Å². The van der Waals surface area contributed by atoms with Crippen LogP contribution >= 0.6 is 11.6 Å². The van der Waals surface area contributed by atoms with Crippen LogP contribution in [0.2, 0.25) is 5.02 Å². The van der Waals surface area contributed by atoms with E-state index >= 15 is 0 Å². The Kier molecular flexibility index (Phi) is 5.43. The quantitative estimate of drug-likeness (QED) is 0.749. The third kappa shape index (κ3) is 4.15. The molecule has 0 unspecified atom stereocenters. The molecule has 0 fully saturated rings. The van der Waals surface area contributed by atoms with E-state index in [-0.39, 0.29) is 24.2 Å². The maximum Gasteiger partial charge on any atom is 0.266 e. The van der Waals surface area contributed by atoms with Crippen LogP contribution in [0.15, 0.2) is 65.5 Å². The van der Waals surface area contributed by atoms with Gasteiger partial charge in [-0.25, -0.2) is 9.07 Å². The van der Waals surface area contributed by atoms with Gasteiger partial charge in [0.05, 0.1) is 17.8 Å². The fraction of sp³-hybridized carbons (Fsp3) is 0.105. The first-order chi connectivity index (χ1) is 12.5. The van der Waals surface area contributed by atoms with Crippen LogP contribution < -0.4 is 10.9 Å². The molecule has 2 aromatic carbocycles. The zero-order valence-electron chi connectivity index (χ0n) is 13.7. The standard InChI is InChI=1S/C19H15ClFN3O2/c20-14-7-5-13(6-8-14)17-9-10-18(25)24(23-17)12-11-22-19(26)15-3-1-2-4-16(15)21/h1-10H,11-12H2,(H,22,26). The summed E-state index contributed by atoms with van der Waals surface area (Å²) in [6.07, 6.45) is 0. The lowest BCUT2D eigenvalue weighted by atomic mass is 10.1. The van der Waals surface area contributed by atoms with E-state index in [2.05, 4.69) is 10.4 Å². The Morgan fingerprint density at radius 2 is 1.81 bits per heavy atom. The Hall–Kier alpha value is -2.99. The number of amides is 1. The molecule has 0 aliphatic rings. The smallest absolute Gasteiger partial charge is 0.266 e. The van der Waals surface area contributed by atoms with Crippen LogP contribution in [0.1, 0.15) is 10.4 Å². The van der Waals surface area contributed by atoms with Gasteiger partial charge in [-0.3, -0.25) is 9.59 Å². The number of benzene rings is 2. The monoisotopic (exact) mass is 371 g/mol. The third-order valence-corrected chi connectivity index (χ3v) is 3.99. The summed E-state index contributed by atoms with van der Waals surface area (Å²) in [5.74, 6) is -1.13. The Bertz CT molecular complexity index is 987. The van der Waals surface area contributed by atoms with Crippen molar-refractivity contribution in [2.45, 2.75) is 6.54 Å². The topological polar surface area (TPSA) is 64.0 Å². The summed E-state index contributed by atoms with van der Waals surface area (Å²) in [7, 11) is 0. The van der Waals surface area contributed by atoms with Gasteiger partial charge in [0.1, 0.15) is 5.82 Å². The van der Waals surface area contributed by atoms with Crippen molar-refractivity contribution < 1.29 is 9.18 Å². The molecule has 7 heteroatoms. The Morgan fingerprint density at radius 1 is 1.08 bits per heavy atom. The Balaban J connectivity index is 1.69. The molecule has 1 amide bonds. The van der Waals surface area contributed by atoms with E-state index < -0.39 is 11.7 Å². The van der Waals surface area contributed by atoms with Crippen LogP contribution in [-0.4, -0.2) is 22.2 Å². The number of hydrogen-bond donors (Lipinski definition) is 1. The average molecular weight is 372 g/mol. The highest BCUT2D eigenvalue weighted by Gasteiger charge is 2.10. The largest absolute Gasteiger partial charge is 0.350 e. The summed E-state index contributed by atoms with van der Waals surface area (Å²) in [6, 6.07) is 15.8. The normalized spacial score (nSPS) is 10.5. The lowest BCUT2D eigenvalue weighted by Crippen LogP contribution is -2.32. The van der Waals surface area contributed by atoms with Crippen molar-refractivity contribution in [1.29, 1.82) is 0 Å². The van der Waals surface area contributed by atoms with Gasteiger partial charge in [-0.05, 0) is 30.3 Å². The molecule has 3 aromatic rings. The SMILES string of the molecule is O=C(NCCn1nc(-c2ccc(Cl)cc2)ccc1=O)c1ccccc1F. The van der Waals surface area contributed by atoms with Crippen molar-refractivity contribution in [3.8, 4) is 11.3 Å². The molecule has 5 nitrogen and oxygen atoms in total. The lowest BCUT2D eigenvalue weighted by molar-refractivity contribution is 0.0947. The molecule has 0 aliphatic heterocycles. The van der Waals surface area contributed by atoms with Crippen LogP contribution in [0.5, 0.6) is 0 Å². The number of aromatic nitrogens is 2. The molecule has 132 valence electrons. The summed E-state index contributed by atoms with van der Waals surface area (Å²) in [4.78, 5) is 24.0. The number of halogens is 2. The number of carbonyl (C=O) groups is 1. The molecule has 1 N–H and O–H groups in total. The van der Waals surface area contributed by atoms with Crippen molar-refractivity contribution in [2.75, 3.05) is 6.54 Å². The second-order valence-corrected chi connectivity index (χ2v) is 5.96. The average Bonchev–Trinajstić information content (AvgIpc) is 2.64. The minimum Gasteiger partial charge on any atom is -0.350 e. The molecule has 0 spiro atoms. The molecule has 0 bridgehead atoms. The van der Waals surface area contributed by atoms with Crippen molar-refractivity contribution in [1.82, 2.24) is 15.1 Å². The van der Waals surface area contributed by atoms with Crippen LogP contribution in [0.25, 0.3) is 11.3 Å². The van der Waals surface area contributed by atoms with Crippen LogP contribution in [0.3, 0.4) is 0 Å². The zero-order chi connectivity index (χ0) is 18.5. The second kappa shape index (κ2) is 7.93. The van der Waals surface area contributed by atoms with Crippen LogP contribution in [0.4, 0.5) is 4.39 Å². The molecule has 0 aliphatic carbocycles. The van der Waals surface area contributed by atoms with Gasteiger partial charge in [0, 0.05) is 23.2 Å². The number of nitrogens with zero attached hydrogens (tertiary/aromatic N) is 2. The van der Waals surface area contributed by atoms with Crippen molar-refractivity contribution in [3.63, 3.8) is 0 Å². The lowest BCUT2D eigenvalue weighted by Gasteiger charge is -2.09. The molecule has 26 heavy (non-hydrogen) atoms. The first-order valence-electron chi connectivity index (χ1n) is 7.91. The van der Waals surface area contributed by atoms with E-state index in [9.17, 15) is 14.0 Å². The summed E-state index contributed by atoms with van der Waals surface area (Å²) in [5.41, 5.74) is 1.10. The van der Waals surface area contributed by atoms with E-state index in [0.717, 1.165) is 5.56 Å². The van der Waals surface area contributed by atoms with Gasteiger partial charge in [-0.2, -0.15) is 5.10 Å². The predicted octanol–water partition coefficient (Wildman–Crippen LogP) is 3.13. The van der Waals surface area contributed by atoms with Gasteiger partial charge in [0.2, 0.25) is 0 Å². The summed E-state index contributed by atoms with van der Waals surface area (Å²) < 4.78 is 14.8. The van der Waals surface area contributed by atoms with Gasteiger partial charge in [-0.15, -0.1) is 0 Å². The maximum atomic E-state index is 13.6. The summed E-state index contributed by atoms with van der Waals surface area (Å²) in [6.45, 7) is 0.310. The molecular formula is C19H15ClFN3O2. The van der Waals surface area contributed by atoms with Crippen molar-refractivity contribution >= 4 is 17.5 Å². The number of nitrogens with one attached hydrogen (secondary N) is 1. The predicted molar refractivity (Wildman–Crippen MR) is 97.7 cm³/mol. The van der Waals surface area contributed by atoms with E-state index in [1.54, 1.807) is 36.4 Å². The molecule has 1 heterocycles. The fourth-order valence-electron chi connectivity index (χ4n) is 2.40. The Morgan fingerprint density at radius 3 is 2.54 bits per heavy atom. The first kappa shape index (κ1) is 17.8. The maximum absolute atomic E-state index is 13.6. The molecule has 0 saturated heterocycles. The van der Waals surface area contributed by atoms with Crippen molar-refractivity contribution in [2.24, 2.45) is 0 Å². The highest BCUT2D eigenvalue weighted by Crippen LogP contribution is 2.18. The second-order valence-electron chi connectivity index (χ2n) is 5.52. The molecule has 0 atom stereocenters. The number of rotatable bonds is 5. The molecule has 0 radical (unpaired) electrons.